The molecular weight excluding hydrogens is 373 g/mol. The third-order valence-corrected chi connectivity index (χ3v) is 3.70. The molecule has 0 radical (unpaired) electrons. The van der Waals surface area contributed by atoms with E-state index in [1.165, 1.54) is 11.6 Å². The Morgan fingerprint density at radius 3 is 2.61 bits per heavy atom. The first kappa shape index (κ1) is 17.7. The third-order valence-electron chi connectivity index (χ3n) is 3.21. The van der Waals surface area contributed by atoms with E-state index in [1.807, 2.05) is 12.1 Å². The van der Waals surface area contributed by atoms with Crippen molar-refractivity contribution in [2.45, 2.75) is 19.0 Å². The van der Waals surface area contributed by atoms with Crippen LogP contribution in [0.4, 0.5) is 13.2 Å². The lowest BCUT2D eigenvalue weighted by Gasteiger charge is -2.05. The Morgan fingerprint density at radius 1 is 1.22 bits per heavy atom. The van der Waals surface area contributed by atoms with Gasteiger partial charge in [-0.15, -0.1) is 0 Å². The fourth-order valence-corrected chi connectivity index (χ4v) is 2.37. The molecule has 7 heteroatoms. The highest BCUT2D eigenvalue weighted by atomic mass is 79.9. The summed E-state index contributed by atoms with van der Waals surface area (Å²) in [6.07, 6.45) is -1.93. The van der Waals surface area contributed by atoms with Crippen molar-refractivity contribution < 1.29 is 17.9 Å². The number of aromatic nitrogens is 1. The number of nitrogens with zero attached hydrogens (tertiary/aromatic N) is 1. The van der Waals surface area contributed by atoms with Crippen LogP contribution in [0, 0.1) is 0 Å². The van der Waals surface area contributed by atoms with E-state index in [-0.39, 0.29) is 0 Å². The predicted molar refractivity (Wildman–Crippen MR) is 85.3 cm³/mol. The molecule has 0 spiro atoms. The van der Waals surface area contributed by atoms with E-state index in [0.717, 1.165) is 35.5 Å². The fraction of sp³-hybridized carbons (Fsp3) is 0.312. The van der Waals surface area contributed by atoms with Gasteiger partial charge in [-0.2, -0.15) is 13.2 Å². The van der Waals surface area contributed by atoms with Crippen LogP contribution in [-0.4, -0.2) is 18.1 Å². The van der Waals surface area contributed by atoms with Gasteiger partial charge in [-0.05, 0) is 36.4 Å². The number of alkyl halides is 3. The summed E-state index contributed by atoms with van der Waals surface area (Å²) in [5, 5.41) is 0. The zero-order chi connectivity index (χ0) is 16.9. The monoisotopic (exact) mass is 388 g/mol. The molecule has 0 bridgehead atoms. The highest BCUT2D eigenvalue weighted by Crippen LogP contribution is 2.28. The molecule has 3 rings (SSSR count). The SMILES string of the molecule is Brc1ccc2c(c1)OCC2.NCCc1ccc(C(F)(F)F)cn1. The molecule has 3 nitrogen and oxygen atoms in total. The van der Waals surface area contributed by atoms with Crippen LogP contribution in [0.15, 0.2) is 41.0 Å². The van der Waals surface area contributed by atoms with Crippen LogP contribution in [0.5, 0.6) is 5.75 Å². The lowest BCUT2D eigenvalue weighted by Crippen LogP contribution is -2.08. The molecule has 0 aliphatic carbocycles. The van der Waals surface area contributed by atoms with Gasteiger partial charge in [0.2, 0.25) is 0 Å². The molecule has 0 atom stereocenters. The molecule has 0 fully saturated rings. The summed E-state index contributed by atoms with van der Waals surface area (Å²) in [4.78, 5) is 3.63. The van der Waals surface area contributed by atoms with Crippen molar-refractivity contribution in [3.05, 3.63) is 57.8 Å². The molecular formula is C16H16BrF3N2O. The van der Waals surface area contributed by atoms with Gasteiger partial charge >= 0.3 is 6.18 Å². The molecule has 1 aromatic carbocycles. The standard InChI is InChI=1S/C8H7BrO.C8H9F3N2/c9-7-2-1-6-3-4-10-8(6)5-7;9-8(10,11)6-1-2-7(3-4-12)13-5-6/h1-2,5H,3-4H2;1-2,5H,3-4,12H2. The average molecular weight is 389 g/mol. The Labute approximate surface area is 140 Å². The topological polar surface area (TPSA) is 48.1 Å². The molecule has 0 amide bonds. The quantitative estimate of drug-likeness (QED) is 0.845. The normalized spacial score (nSPS) is 12.9. The van der Waals surface area contributed by atoms with Crippen LogP contribution in [-0.2, 0) is 19.0 Å². The number of hydrogen-bond acceptors (Lipinski definition) is 3. The van der Waals surface area contributed by atoms with Crippen molar-refractivity contribution in [3.8, 4) is 5.75 Å². The summed E-state index contributed by atoms with van der Waals surface area (Å²) in [7, 11) is 0. The van der Waals surface area contributed by atoms with Gasteiger partial charge < -0.3 is 10.5 Å². The number of hydrogen-bond donors (Lipinski definition) is 1. The number of benzene rings is 1. The highest BCUT2D eigenvalue weighted by molar-refractivity contribution is 9.10. The molecule has 1 aliphatic rings. The first-order valence-electron chi connectivity index (χ1n) is 7.03. The minimum absolute atomic E-state index is 0.387. The summed E-state index contributed by atoms with van der Waals surface area (Å²) in [5.41, 5.74) is 6.40. The second-order valence-electron chi connectivity index (χ2n) is 4.93. The maximum Gasteiger partial charge on any atom is 0.417 e. The van der Waals surface area contributed by atoms with E-state index in [4.69, 9.17) is 10.5 Å². The lowest BCUT2D eigenvalue weighted by molar-refractivity contribution is -0.137. The van der Waals surface area contributed by atoms with Gasteiger partial charge in [-0.3, -0.25) is 4.98 Å². The molecule has 2 N–H and O–H groups in total. The minimum atomic E-state index is -4.31. The number of halogens is 4. The molecule has 2 heterocycles. The molecule has 2 aromatic rings. The summed E-state index contributed by atoms with van der Waals surface area (Å²) >= 11 is 3.38. The van der Waals surface area contributed by atoms with Crippen molar-refractivity contribution in [3.63, 3.8) is 0 Å². The number of ether oxygens (including phenoxy) is 1. The largest absolute Gasteiger partial charge is 0.493 e. The zero-order valence-corrected chi connectivity index (χ0v) is 13.8. The number of pyridine rings is 1. The van der Waals surface area contributed by atoms with Gasteiger partial charge in [0.1, 0.15) is 5.75 Å². The first-order chi connectivity index (χ1) is 10.9. The van der Waals surface area contributed by atoms with Crippen molar-refractivity contribution in [1.29, 1.82) is 0 Å². The Kier molecular flexibility index (Phi) is 6.01. The van der Waals surface area contributed by atoms with Crippen LogP contribution in [0.25, 0.3) is 0 Å². The van der Waals surface area contributed by atoms with Crippen LogP contribution < -0.4 is 10.5 Å². The van der Waals surface area contributed by atoms with Crippen LogP contribution in [0.2, 0.25) is 0 Å². The lowest BCUT2D eigenvalue weighted by atomic mass is 10.2. The van der Waals surface area contributed by atoms with Gasteiger partial charge in [0.05, 0.1) is 12.2 Å². The molecule has 23 heavy (non-hydrogen) atoms. The van der Waals surface area contributed by atoms with Crippen molar-refractivity contribution in [2.75, 3.05) is 13.2 Å². The molecule has 0 unspecified atom stereocenters. The number of fused-ring (bicyclic) bond motifs is 1. The average Bonchev–Trinajstić information content (AvgIpc) is 2.95. The summed E-state index contributed by atoms with van der Waals surface area (Å²) in [5.74, 6) is 1.04. The second-order valence-corrected chi connectivity index (χ2v) is 5.84. The van der Waals surface area contributed by atoms with E-state index < -0.39 is 11.7 Å². The summed E-state index contributed by atoms with van der Waals surface area (Å²) in [6.45, 7) is 1.23. The molecule has 1 aromatic heterocycles. The number of nitrogens with two attached hydrogens (primary N) is 1. The van der Waals surface area contributed by atoms with Gasteiger partial charge in [0, 0.05) is 29.2 Å². The summed E-state index contributed by atoms with van der Waals surface area (Å²) < 4.78 is 42.6. The van der Waals surface area contributed by atoms with Gasteiger partial charge in [0.25, 0.3) is 0 Å². The van der Waals surface area contributed by atoms with Crippen molar-refractivity contribution >= 4 is 15.9 Å². The van der Waals surface area contributed by atoms with E-state index in [9.17, 15) is 13.2 Å². The van der Waals surface area contributed by atoms with Gasteiger partial charge in [-0.25, -0.2) is 0 Å². The molecule has 0 saturated carbocycles. The molecule has 1 aliphatic heterocycles. The van der Waals surface area contributed by atoms with Crippen LogP contribution in [0.3, 0.4) is 0 Å². The van der Waals surface area contributed by atoms with Crippen molar-refractivity contribution in [2.24, 2.45) is 5.73 Å². The second kappa shape index (κ2) is 7.79. The third kappa shape index (κ3) is 5.21. The van der Waals surface area contributed by atoms with Crippen molar-refractivity contribution in [1.82, 2.24) is 4.98 Å². The maximum atomic E-state index is 12.0. The smallest absolute Gasteiger partial charge is 0.417 e. The Morgan fingerprint density at radius 2 is 2.00 bits per heavy atom. The van der Waals surface area contributed by atoms with Crippen LogP contribution in [0.1, 0.15) is 16.8 Å². The van der Waals surface area contributed by atoms with E-state index in [0.29, 0.717) is 18.7 Å². The Balaban J connectivity index is 0.000000172. The van der Waals surface area contributed by atoms with Gasteiger partial charge in [0.15, 0.2) is 0 Å². The highest BCUT2D eigenvalue weighted by Gasteiger charge is 2.30. The zero-order valence-electron chi connectivity index (χ0n) is 12.2. The molecule has 0 saturated heterocycles. The van der Waals surface area contributed by atoms with E-state index >= 15 is 0 Å². The van der Waals surface area contributed by atoms with E-state index in [1.54, 1.807) is 0 Å². The van der Waals surface area contributed by atoms with E-state index in [2.05, 4.69) is 27.0 Å². The fourth-order valence-electron chi connectivity index (χ4n) is 2.03. The van der Waals surface area contributed by atoms with Crippen LogP contribution >= 0.6 is 15.9 Å². The Bertz CT molecular complexity index is 645. The predicted octanol–water partition coefficient (Wildman–Crippen LogP) is 3.99. The molecule has 124 valence electrons. The maximum absolute atomic E-state index is 12.0. The Hall–Kier alpha value is -1.60. The first-order valence-corrected chi connectivity index (χ1v) is 7.83. The summed E-state index contributed by atoms with van der Waals surface area (Å²) in [6, 6.07) is 8.52. The van der Waals surface area contributed by atoms with Gasteiger partial charge in [-0.1, -0.05) is 22.0 Å². The minimum Gasteiger partial charge on any atom is -0.493 e. The number of rotatable bonds is 2.